The molecule has 3 aromatic carbocycles. The summed E-state index contributed by atoms with van der Waals surface area (Å²) in [6.45, 7) is 3.91. The fourth-order valence-corrected chi connectivity index (χ4v) is 5.19. The number of ether oxygens (including phenoxy) is 1. The van der Waals surface area contributed by atoms with Crippen LogP contribution in [0.5, 0.6) is 17.2 Å². The van der Waals surface area contributed by atoms with Crippen LogP contribution in [0.4, 0.5) is 0 Å². The third-order valence-electron chi connectivity index (χ3n) is 7.28. The fraction of sp³-hybridized carbons (Fsp3) is 0.250. The highest BCUT2D eigenvalue weighted by Gasteiger charge is 2.22. The Morgan fingerprint density at radius 1 is 1.08 bits per heavy atom. The molecule has 5 rings (SSSR count). The lowest BCUT2D eigenvalue weighted by molar-refractivity contribution is 0.167. The number of nitrogens with one attached hydrogen (secondary N) is 2. The van der Waals surface area contributed by atoms with Gasteiger partial charge in [0, 0.05) is 49.2 Å². The number of benzene rings is 3. The molecule has 0 saturated carbocycles. The number of para-hydroxylation sites is 2. The molecule has 2 aliphatic heterocycles. The Hall–Kier alpha value is -4.10. The summed E-state index contributed by atoms with van der Waals surface area (Å²) < 4.78 is 6.04. The number of nitrogens with zero attached hydrogens (tertiary/aromatic N) is 2. The molecule has 0 spiro atoms. The van der Waals surface area contributed by atoms with Crippen LogP contribution in [0.1, 0.15) is 30.4 Å². The summed E-state index contributed by atoms with van der Waals surface area (Å²) in [4.78, 5) is 7.30. The van der Waals surface area contributed by atoms with Crippen molar-refractivity contribution in [3.8, 4) is 17.2 Å². The molecule has 0 amide bonds. The van der Waals surface area contributed by atoms with E-state index in [1.165, 1.54) is 24.6 Å². The largest absolute Gasteiger partial charge is 0.507 e. The standard InChI is InChI=1S/C32H35BN4O2/c33-29(19-34)31-18-25(17-30(36-31)28-13-4-5-14-32(28)38)35-20-24-9-7-15-37(22-24)21-23-8-6-12-27(16-23)39-26-10-2-1-3-11-26/h1-6,8,10-14,16-17,19,24,34-35,38H,7,9,15,18,20-22,33H2/b31-29-,34-19?. The van der Waals surface area contributed by atoms with Gasteiger partial charge in [0.1, 0.15) is 25.1 Å². The van der Waals surface area contributed by atoms with Gasteiger partial charge in [0.15, 0.2) is 0 Å². The highest BCUT2D eigenvalue weighted by molar-refractivity contribution is 6.33. The highest BCUT2D eigenvalue weighted by atomic mass is 16.5. The number of phenolic OH excluding ortho intramolecular Hbond substituents is 1. The maximum absolute atomic E-state index is 10.4. The summed E-state index contributed by atoms with van der Waals surface area (Å²) >= 11 is 0. The number of hydrogen-bond acceptors (Lipinski definition) is 6. The second kappa shape index (κ2) is 12.6. The van der Waals surface area contributed by atoms with Crippen molar-refractivity contribution in [2.24, 2.45) is 10.9 Å². The maximum atomic E-state index is 10.4. The molecule has 0 aromatic heterocycles. The number of aliphatic imine (C=N–C) groups is 1. The predicted molar refractivity (Wildman–Crippen MR) is 161 cm³/mol. The maximum Gasteiger partial charge on any atom is 0.143 e. The Bertz CT molecular complexity index is 1400. The molecule has 3 aromatic rings. The van der Waals surface area contributed by atoms with Crippen molar-refractivity contribution in [2.75, 3.05) is 19.6 Å². The lowest BCUT2D eigenvalue weighted by atomic mass is 9.91. The molecule has 0 aliphatic carbocycles. The van der Waals surface area contributed by atoms with Gasteiger partial charge in [-0.15, -0.1) is 0 Å². The number of rotatable bonds is 9. The molecule has 39 heavy (non-hydrogen) atoms. The van der Waals surface area contributed by atoms with Crippen molar-refractivity contribution in [3.05, 3.63) is 113 Å². The van der Waals surface area contributed by atoms with E-state index in [-0.39, 0.29) is 5.75 Å². The van der Waals surface area contributed by atoms with Gasteiger partial charge in [-0.25, -0.2) is 0 Å². The van der Waals surface area contributed by atoms with E-state index < -0.39 is 0 Å². The first-order valence-corrected chi connectivity index (χ1v) is 13.6. The molecule has 1 atom stereocenters. The molecule has 198 valence electrons. The van der Waals surface area contributed by atoms with E-state index in [4.69, 9.17) is 15.1 Å². The van der Waals surface area contributed by atoms with Crippen LogP contribution >= 0.6 is 0 Å². The summed E-state index contributed by atoms with van der Waals surface area (Å²) in [5, 5.41) is 21.8. The fourth-order valence-electron chi connectivity index (χ4n) is 5.19. The van der Waals surface area contributed by atoms with E-state index in [9.17, 15) is 5.11 Å². The van der Waals surface area contributed by atoms with Crippen LogP contribution < -0.4 is 10.1 Å². The van der Waals surface area contributed by atoms with E-state index in [0.717, 1.165) is 60.3 Å². The zero-order valence-electron chi connectivity index (χ0n) is 22.4. The average molecular weight is 518 g/mol. The number of allylic oxidation sites excluding steroid dienone is 2. The summed E-state index contributed by atoms with van der Waals surface area (Å²) in [6.07, 6.45) is 6.41. The molecular formula is C32H35BN4O2. The van der Waals surface area contributed by atoms with Crippen LogP contribution in [0.2, 0.25) is 0 Å². The van der Waals surface area contributed by atoms with Crippen LogP contribution in [-0.4, -0.2) is 49.4 Å². The number of piperidine rings is 1. The third-order valence-corrected chi connectivity index (χ3v) is 7.28. The Morgan fingerprint density at radius 2 is 1.87 bits per heavy atom. The Labute approximate surface area is 231 Å². The molecule has 3 N–H and O–H groups in total. The van der Waals surface area contributed by atoms with Crippen molar-refractivity contribution in [3.63, 3.8) is 0 Å². The second-order valence-corrected chi connectivity index (χ2v) is 10.3. The minimum absolute atomic E-state index is 0.210. The molecule has 6 nitrogen and oxygen atoms in total. The van der Waals surface area contributed by atoms with Crippen LogP contribution in [0.25, 0.3) is 0 Å². The van der Waals surface area contributed by atoms with Gasteiger partial charge < -0.3 is 20.6 Å². The van der Waals surface area contributed by atoms with E-state index in [2.05, 4.69) is 28.4 Å². The van der Waals surface area contributed by atoms with Gasteiger partial charge in [-0.3, -0.25) is 9.89 Å². The first kappa shape index (κ1) is 26.5. The van der Waals surface area contributed by atoms with Crippen molar-refractivity contribution >= 4 is 19.8 Å². The minimum atomic E-state index is 0.210. The molecule has 0 radical (unpaired) electrons. The molecule has 2 heterocycles. The van der Waals surface area contributed by atoms with E-state index in [1.54, 1.807) is 6.07 Å². The Morgan fingerprint density at radius 3 is 2.69 bits per heavy atom. The smallest absolute Gasteiger partial charge is 0.143 e. The quantitative estimate of drug-likeness (QED) is 0.267. The van der Waals surface area contributed by atoms with Crippen molar-refractivity contribution in [2.45, 2.75) is 25.8 Å². The first-order chi connectivity index (χ1) is 19.1. The van der Waals surface area contributed by atoms with E-state index in [0.29, 0.717) is 17.9 Å². The second-order valence-electron chi connectivity index (χ2n) is 10.3. The molecule has 7 heteroatoms. The Kier molecular flexibility index (Phi) is 8.59. The van der Waals surface area contributed by atoms with Crippen molar-refractivity contribution in [1.82, 2.24) is 10.2 Å². The zero-order valence-corrected chi connectivity index (χ0v) is 22.4. The number of hydrogen-bond donors (Lipinski definition) is 3. The number of phenols is 1. The third kappa shape index (κ3) is 7.06. The van der Waals surface area contributed by atoms with Gasteiger partial charge in [0.2, 0.25) is 0 Å². The van der Waals surface area contributed by atoms with Gasteiger partial charge in [-0.05, 0) is 73.3 Å². The Balaban J connectivity index is 1.21. The van der Waals surface area contributed by atoms with Crippen LogP contribution in [-0.2, 0) is 6.54 Å². The van der Waals surface area contributed by atoms with Crippen LogP contribution in [0.3, 0.4) is 0 Å². The minimum Gasteiger partial charge on any atom is -0.507 e. The summed E-state index contributed by atoms with van der Waals surface area (Å²) in [6, 6.07) is 25.6. The lowest BCUT2D eigenvalue weighted by Crippen LogP contribution is -2.39. The van der Waals surface area contributed by atoms with Crippen LogP contribution in [0, 0.1) is 11.3 Å². The van der Waals surface area contributed by atoms with E-state index in [1.807, 2.05) is 68.5 Å². The highest BCUT2D eigenvalue weighted by Crippen LogP contribution is 2.27. The number of dihydropyridines is 1. The summed E-state index contributed by atoms with van der Waals surface area (Å²) in [7, 11) is 1.91. The molecule has 1 fully saturated rings. The SMILES string of the molecule is B/C(C=N)=C1/CC(NCC2CCCN(Cc3cccc(Oc4ccccc4)c3)C2)=CC(c2ccccc2O)=N1. The predicted octanol–water partition coefficient (Wildman–Crippen LogP) is 5.26. The topological polar surface area (TPSA) is 80.9 Å². The lowest BCUT2D eigenvalue weighted by Gasteiger charge is -2.33. The number of likely N-dealkylation sites (tertiary alicyclic amines) is 1. The first-order valence-electron chi connectivity index (χ1n) is 13.6. The molecular weight excluding hydrogens is 483 g/mol. The van der Waals surface area contributed by atoms with Gasteiger partial charge in [0.25, 0.3) is 0 Å². The molecule has 1 saturated heterocycles. The number of aromatic hydroxyl groups is 1. The molecule has 1 unspecified atom stereocenters. The molecule has 0 bridgehead atoms. The molecule has 2 aliphatic rings. The summed E-state index contributed by atoms with van der Waals surface area (Å²) in [5.41, 5.74) is 5.44. The van der Waals surface area contributed by atoms with Crippen LogP contribution in [0.15, 0.2) is 107 Å². The summed E-state index contributed by atoms with van der Waals surface area (Å²) in [5.74, 6) is 2.46. The van der Waals surface area contributed by atoms with Gasteiger partial charge in [-0.2, -0.15) is 0 Å². The zero-order chi connectivity index (χ0) is 27.0. The van der Waals surface area contributed by atoms with Gasteiger partial charge in [-0.1, -0.05) is 47.9 Å². The monoisotopic (exact) mass is 518 g/mol. The van der Waals surface area contributed by atoms with E-state index >= 15 is 0 Å². The van der Waals surface area contributed by atoms with Crippen molar-refractivity contribution in [1.29, 1.82) is 5.41 Å². The normalized spacial score (nSPS) is 19.0. The average Bonchev–Trinajstić information content (AvgIpc) is 2.97. The van der Waals surface area contributed by atoms with Gasteiger partial charge in [0.05, 0.1) is 5.71 Å². The van der Waals surface area contributed by atoms with Gasteiger partial charge >= 0.3 is 0 Å². The van der Waals surface area contributed by atoms with Crippen molar-refractivity contribution < 1.29 is 9.84 Å².